The number of rotatable bonds is 4. The van der Waals surface area contributed by atoms with Crippen molar-refractivity contribution in [3.63, 3.8) is 0 Å². The van der Waals surface area contributed by atoms with Crippen LogP contribution in [-0.4, -0.2) is 47.6 Å². The van der Waals surface area contributed by atoms with Crippen LogP contribution in [0.15, 0.2) is 29.2 Å². The highest BCUT2D eigenvalue weighted by molar-refractivity contribution is 7.99. The van der Waals surface area contributed by atoms with E-state index >= 15 is 0 Å². The molecule has 1 aromatic rings. The summed E-state index contributed by atoms with van der Waals surface area (Å²) in [5, 5.41) is 0. The average Bonchev–Trinajstić information content (AvgIpc) is 2.56. The number of carbonyl (C=O) groups excluding carboxylic acids is 1. The van der Waals surface area contributed by atoms with Crippen LogP contribution in [0.2, 0.25) is 0 Å². The third-order valence-corrected chi connectivity index (χ3v) is 5.94. The third kappa shape index (κ3) is 3.66. The predicted molar refractivity (Wildman–Crippen MR) is 92.2 cm³/mol. The second-order valence-electron chi connectivity index (χ2n) is 6.31. The molecule has 0 bridgehead atoms. The molecule has 1 atom stereocenters. The normalized spacial score (nSPS) is 22.1. The lowest BCUT2D eigenvalue weighted by Gasteiger charge is -2.37. The summed E-state index contributed by atoms with van der Waals surface area (Å²) in [5.41, 5.74) is 1.34. The first-order valence-corrected chi connectivity index (χ1v) is 9.45. The number of hydrogen-bond donors (Lipinski definition) is 0. The first-order chi connectivity index (χ1) is 10.8. The summed E-state index contributed by atoms with van der Waals surface area (Å²) in [7, 11) is 0. The van der Waals surface area contributed by atoms with E-state index in [9.17, 15) is 4.79 Å². The van der Waals surface area contributed by atoms with Crippen molar-refractivity contribution in [3.8, 4) is 0 Å². The summed E-state index contributed by atoms with van der Waals surface area (Å²) in [4.78, 5) is 18.2. The van der Waals surface area contributed by atoms with Crippen LogP contribution in [0.3, 0.4) is 0 Å². The summed E-state index contributed by atoms with van der Waals surface area (Å²) < 4.78 is 0. The highest BCUT2D eigenvalue weighted by Crippen LogP contribution is 2.39. The Morgan fingerprint density at radius 1 is 1.27 bits per heavy atom. The molecule has 3 nitrogen and oxygen atoms in total. The number of benzene rings is 1. The molecule has 1 fully saturated rings. The predicted octanol–water partition coefficient (Wildman–Crippen LogP) is 3.56. The fourth-order valence-electron chi connectivity index (χ4n) is 3.61. The summed E-state index contributed by atoms with van der Waals surface area (Å²) in [6.45, 7) is 6.00. The summed E-state index contributed by atoms with van der Waals surface area (Å²) in [6, 6.07) is 8.85. The maximum atomic E-state index is 12.2. The molecule has 0 aliphatic carbocycles. The second-order valence-corrected chi connectivity index (χ2v) is 7.44. The Hall–Kier alpha value is -1.00. The minimum Gasteiger partial charge on any atom is -0.335 e. The molecule has 3 rings (SSSR count). The number of piperidine rings is 1. The van der Waals surface area contributed by atoms with Crippen LogP contribution in [0.25, 0.3) is 0 Å². The van der Waals surface area contributed by atoms with Gasteiger partial charge >= 0.3 is 0 Å². The maximum absolute atomic E-state index is 12.2. The van der Waals surface area contributed by atoms with E-state index in [4.69, 9.17) is 0 Å². The quantitative estimate of drug-likeness (QED) is 0.848. The van der Waals surface area contributed by atoms with Crippen LogP contribution >= 0.6 is 11.8 Å². The van der Waals surface area contributed by atoms with Gasteiger partial charge in [0.25, 0.3) is 0 Å². The monoisotopic (exact) mass is 318 g/mol. The molecule has 0 radical (unpaired) electrons. The largest absolute Gasteiger partial charge is 0.335 e. The minimum atomic E-state index is 0.212. The Balaban J connectivity index is 1.70. The van der Waals surface area contributed by atoms with Crippen LogP contribution < -0.4 is 0 Å². The standard InChI is InChI=1S/C18H26N2OS/c1-15(21)20(13-12-19-10-5-2-6-11-19)17-9-14-22-18-8-4-3-7-16(17)18/h3-4,7-8,17H,2,5-6,9-14H2,1H3. The minimum absolute atomic E-state index is 0.212. The number of thioether (sulfide) groups is 1. The number of likely N-dealkylation sites (tertiary alicyclic amines) is 1. The molecule has 4 heteroatoms. The molecule has 0 spiro atoms. The first kappa shape index (κ1) is 15.9. The lowest BCUT2D eigenvalue weighted by molar-refractivity contribution is -0.131. The maximum Gasteiger partial charge on any atom is 0.220 e. The SMILES string of the molecule is CC(=O)N(CCN1CCCCC1)C1CCSc2ccccc21. The lowest BCUT2D eigenvalue weighted by Crippen LogP contribution is -2.42. The molecule has 1 aromatic carbocycles. The number of carbonyl (C=O) groups is 1. The van der Waals surface area contributed by atoms with E-state index in [1.807, 2.05) is 11.8 Å². The Morgan fingerprint density at radius 2 is 2.05 bits per heavy atom. The van der Waals surface area contributed by atoms with Crippen molar-refractivity contribution in [2.45, 2.75) is 43.5 Å². The van der Waals surface area contributed by atoms with Crippen molar-refractivity contribution in [1.29, 1.82) is 0 Å². The Kier molecular flexibility index (Phi) is 5.42. The number of nitrogens with zero attached hydrogens (tertiary/aromatic N) is 2. The van der Waals surface area contributed by atoms with Gasteiger partial charge in [-0.3, -0.25) is 4.79 Å². The van der Waals surface area contributed by atoms with Crippen molar-refractivity contribution in [1.82, 2.24) is 9.80 Å². The fraction of sp³-hybridized carbons (Fsp3) is 0.611. The molecule has 22 heavy (non-hydrogen) atoms. The first-order valence-electron chi connectivity index (χ1n) is 8.47. The zero-order chi connectivity index (χ0) is 15.4. The molecule has 0 saturated carbocycles. The van der Waals surface area contributed by atoms with E-state index in [0.717, 1.165) is 25.3 Å². The van der Waals surface area contributed by atoms with Gasteiger partial charge in [-0.15, -0.1) is 11.8 Å². The molecule has 120 valence electrons. The molecule has 0 aromatic heterocycles. The van der Waals surface area contributed by atoms with Gasteiger partial charge in [0, 0.05) is 30.7 Å². The van der Waals surface area contributed by atoms with Crippen molar-refractivity contribution in [2.24, 2.45) is 0 Å². The molecule has 1 saturated heterocycles. The van der Waals surface area contributed by atoms with Gasteiger partial charge in [-0.2, -0.15) is 0 Å². The number of amides is 1. The van der Waals surface area contributed by atoms with Crippen LogP contribution in [0, 0.1) is 0 Å². The van der Waals surface area contributed by atoms with Crippen molar-refractivity contribution in [3.05, 3.63) is 29.8 Å². The van der Waals surface area contributed by atoms with Gasteiger partial charge in [-0.05, 0) is 44.0 Å². The van der Waals surface area contributed by atoms with Crippen LogP contribution in [-0.2, 0) is 4.79 Å². The van der Waals surface area contributed by atoms with E-state index in [0.29, 0.717) is 0 Å². The van der Waals surface area contributed by atoms with Crippen LogP contribution in [0.4, 0.5) is 0 Å². The van der Waals surface area contributed by atoms with Gasteiger partial charge in [0.05, 0.1) is 6.04 Å². The molecule has 1 amide bonds. The molecule has 2 aliphatic rings. The van der Waals surface area contributed by atoms with Crippen molar-refractivity contribution in [2.75, 3.05) is 31.9 Å². The van der Waals surface area contributed by atoms with Gasteiger partial charge in [0.15, 0.2) is 0 Å². The Labute approximate surface area is 138 Å². The topological polar surface area (TPSA) is 23.6 Å². The number of hydrogen-bond acceptors (Lipinski definition) is 3. The Morgan fingerprint density at radius 3 is 2.82 bits per heavy atom. The van der Waals surface area contributed by atoms with Gasteiger partial charge in [0.2, 0.25) is 5.91 Å². The highest BCUT2D eigenvalue weighted by atomic mass is 32.2. The van der Waals surface area contributed by atoms with Gasteiger partial charge < -0.3 is 9.80 Å². The molecule has 0 N–H and O–H groups in total. The fourth-order valence-corrected chi connectivity index (χ4v) is 4.72. The Bertz CT molecular complexity index is 514. The molecule has 2 heterocycles. The van der Waals surface area contributed by atoms with E-state index < -0.39 is 0 Å². The smallest absolute Gasteiger partial charge is 0.220 e. The van der Waals surface area contributed by atoms with Gasteiger partial charge in [0.1, 0.15) is 0 Å². The summed E-state index contributed by atoms with van der Waals surface area (Å²) in [6.07, 6.45) is 5.05. The number of fused-ring (bicyclic) bond motifs is 1. The molecular weight excluding hydrogens is 292 g/mol. The van der Waals surface area contributed by atoms with E-state index in [1.54, 1.807) is 6.92 Å². The second kappa shape index (κ2) is 7.51. The lowest BCUT2D eigenvalue weighted by atomic mass is 10.0. The van der Waals surface area contributed by atoms with Crippen molar-refractivity contribution < 1.29 is 4.79 Å². The zero-order valence-electron chi connectivity index (χ0n) is 13.5. The van der Waals surface area contributed by atoms with E-state index in [-0.39, 0.29) is 11.9 Å². The average molecular weight is 318 g/mol. The van der Waals surface area contributed by atoms with E-state index in [1.165, 1.54) is 42.8 Å². The van der Waals surface area contributed by atoms with Crippen LogP contribution in [0.5, 0.6) is 0 Å². The van der Waals surface area contributed by atoms with Crippen LogP contribution in [0.1, 0.15) is 44.2 Å². The molecular formula is C18H26N2OS. The van der Waals surface area contributed by atoms with Crippen molar-refractivity contribution >= 4 is 17.7 Å². The summed E-state index contributed by atoms with van der Waals surface area (Å²) >= 11 is 1.92. The zero-order valence-corrected chi connectivity index (χ0v) is 14.3. The third-order valence-electron chi connectivity index (χ3n) is 4.81. The molecule has 1 unspecified atom stereocenters. The highest BCUT2D eigenvalue weighted by Gasteiger charge is 2.28. The summed E-state index contributed by atoms with van der Waals surface area (Å²) in [5.74, 6) is 1.32. The van der Waals surface area contributed by atoms with E-state index in [2.05, 4.69) is 34.1 Å². The van der Waals surface area contributed by atoms with Gasteiger partial charge in [-0.25, -0.2) is 0 Å². The van der Waals surface area contributed by atoms with Gasteiger partial charge in [-0.1, -0.05) is 24.6 Å². The molecule has 2 aliphatic heterocycles.